The van der Waals surface area contributed by atoms with Crippen molar-refractivity contribution in [3.05, 3.63) is 112 Å². The summed E-state index contributed by atoms with van der Waals surface area (Å²) in [5.41, 5.74) is 1.91. The molecule has 4 aromatic rings. The smallest absolute Gasteiger partial charge is 0.261 e. The van der Waals surface area contributed by atoms with E-state index in [1.165, 1.54) is 23.0 Å². The normalized spacial score (nSPS) is 11.9. The predicted molar refractivity (Wildman–Crippen MR) is 109 cm³/mol. The van der Waals surface area contributed by atoms with Gasteiger partial charge in [0.1, 0.15) is 12.4 Å². The number of fused-ring (bicyclic) bond motifs is 1. The zero-order valence-corrected chi connectivity index (χ0v) is 15.5. The molecule has 0 saturated heterocycles. The van der Waals surface area contributed by atoms with Gasteiger partial charge >= 0.3 is 0 Å². The molecule has 4 rings (SSSR count). The number of carbonyl (C=O) groups is 1. The van der Waals surface area contributed by atoms with Crippen LogP contribution in [0.1, 0.15) is 17.2 Å². The summed E-state index contributed by atoms with van der Waals surface area (Å²) < 4.78 is 14.6. The van der Waals surface area contributed by atoms with Gasteiger partial charge < -0.3 is 5.32 Å². The monoisotopic (exact) mass is 387 g/mol. The van der Waals surface area contributed by atoms with E-state index < -0.39 is 6.04 Å². The molecule has 0 radical (unpaired) electrons. The number of hydrogen-bond donors (Lipinski definition) is 1. The molecule has 3 aromatic carbocycles. The van der Waals surface area contributed by atoms with Crippen LogP contribution in [0.4, 0.5) is 4.39 Å². The van der Waals surface area contributed by atoms with E-state index in [1.807, 2.05) is 30.3 Å². The molecule has 29 heavy (non-hydrogen) atoms. The largest absolute Gasteiger partial charge is 0.344 e. The molecule has 1 atom stereocenters. The van der Waals surface area contributed by atoms with E-state index in [1.54, 1.807) is 36.4 Å². The van der Waals surface area contributed by atoms with Crippen LogP contribution >= 0.6 is 0 Å². The highest BCUT2D eigenvalue weighted by molar-refractivity contribution is 5.79. The summed E-state index contributed by atoms with van der Waals surface area (Å²) in [6.07, 6.45) is 1.37. The zero-order valence-electron chi connectivity index (χ0n) is 15.5. The highest BCUT2D eigenvalue weighted by Gasteiger charge is 2.18. The maximum Gasteiger partial charge on any atom is 0.261 e. The van der Waals surface area contributed by atoms with Gasteiger partial charge in [0.2, 0.25) is 5.91 Å². The molecule has 1 aromatic heterocycles. The first kappa shape index (κ1) is 18.6. The molecule has 6 heteroatoms. The molecule has 0 bridgehead atoms. The maximum atomic E-state index is 13.3. The van der Waals surface area contributed by atoms with Gasteiger partial charge in [0.15, 0.2) is 0 Å². The van der Waals surface area contributed by atoms with Gasteiger partial charge in [-0.05, 0) is 35.4 Å². The third-order valence-corrected chi connectivity index (χ3v) is 4.69. The molecule has 1 amide bonds. The van der Waals surface area contributed by atoms with Gasteiger partial charge in [-0.3, -0.25) is 14.2 Å². The molecule has 0 aliphatic carbocycles. The number of rotatable bonds is 5. The third-order valence-electron chi connectivity index (χ3n) is 4.69. The van der Waals surface area contributed by atoms with Gasteiger partial charge in [-0.15, -0.1) is 0 Å². The highest BCUT2D eigenvalue weighted by atomic mass is 19.1. The topological polar surface area (TPSA) is 64.0 Å². The van der Waals surface area contributed by atoms with Crippen LogP contribution in [0.5, 0.6) is 0 Å². The number of aromatic nitrogens is 2. The summed E-state index contributed by atoms with van der Waals surface area (Å²) >= 11 is 0. The second kappa shape index (κ2) is 8.06. The molecule has 1 heterocycles. The Morgan fingerprint density at radius 2 is 1.59 bits per heavy atom. The average Bonchev–Trinajstić information content (AvgIpc) is 2.76. The van der Waals surface area contributed by atoms with Gasteiger partial charge in [0.25, 0.3) is 5.56 Å². The van der Waals surface area contributed by atoms with E-state index >= 15 is 0 Å². The van der Waals surface area contributed by atoms with Crippen LogP contribution in [0, 0.1) is 5.82 Å². The van der Waals surface area contributed by atoms with Crippen molar-refractivity contribution >= 4 is 16.8 Å². The van der Waals surface area contributed by atoms with Crippen LogP contribution in [0.3, 0.4) is 0 Å². The summed E-state index contributed by atoms with van der Waals surface area (Å²) in [4.78, 5) is 29.6. The summed E-state index contributed by atoms with van der Waals surface area (Å²) in [5, 5.41) is 3.40. The molecule has 0 saturated carbocycles. The van der Waals surface area contributed by atoms with Crippen molar-refractivity contribution in [2.45, 2.75) is 12.6 Å². The van der Waals surface area contributed by atoms with Crippen LogP contribution in [0.2, 0.25) is 0 Å². The summed E-state index contributed by atoms with van der Waals surface area (Å²) in [6.45, 7) is -0.165. The Kier molecular flexibility index (Phi) is 5.16. The number of hydrogen-bond acceptors (Lipinski definition) is 3. The Bertz CT molecular complexity index is 1200. The fourth-order valence-corrected chi connectivity index (χ4v) is 3.24. The van der Waals surface area contributed by atoms with E-state index in [9.17, 15) is 14.0 Å². The summed E-state index contributed by atoms with van der Waals surface area (Å²) in [6, 6.07) is 21.9. The average molecular weight is 387 g/mol. The third kappa shape index (κ3) is 4.06. The molecule has 0 aliphatic rings. The first-order chi connectivity index (χ1) is 14.1. The van der Waals surface area contributed by atoms with Crippen molar-refractivity contribution in [3.8, 4) is 0 Å². The summed E-state index contributed by atoms with van der Waals surface area (Å²) in [5.74, 6) is -0.692. The predicted octanol–water partition coefficient (Wildman–Crippen LogP) is 3.44. The lowest BCUT2D eigenvalue weighted by atomic mass is 9.98. The second-order valence-electron chi connectivity index (χ2n) is 6.66. The number of benzene rings is 3. The van der Waals surface area contributed by atoms with Crippen molar-refractivity contribution in [2.24, 2.45) is 0 Å². The SMILES string of the molecule is O=C(Cn1cnc2ccccc2c1=O)NC(c1ccccc1)c1ccc(F)cc1. The number of nitrogens with one attached hydrogen (secondary N) is 1. The maximum absolute atomic E-state index is 13.3. The molecule has 0 fully saturated rings. The van der Waals surface area contributed by atoms with Gasteiger partial charge in [-0.1, -0.05) is 54.6 Å². The molecule has 5 nitrogen and oxygen atoms in total. The summed E-state index contributed by atoms with van der Waals surface area (Å²) in [7, 11) is 0. The van der Waals surface area contributed by atoms with Crippen molar-refractivity contribution in [3.63, 3.8) is 0 Å². The van der Waals surface area contributed by atoms with E-state index in [-0.39, 0.29) is 23.8 Å². The zero-order chi connectivity index (χ0) is 20.2. The van der Waals surface area contributed by atoms with E-state index in [0.29, 0.717) is 10.9 Å². The van der Waals surface area contributed by atoms with Crippen molar-refractivity contribution < 1.29 is 9.18 Å². The second-order valence-corrected chi connectivity index (χ2v) is 6.66. The van der Waals surface area contributed by atoms with Crippen molar-refractivity contribution in [1.29, 1.82) is 0 Å². The molecular formula is C23H18FN3O2. The molecule has 0 aliphatic heterocycles. The molecule has 1 N–H and O–H groups in total. The van der Waals surface area contributed by atoms with Crippen LogP contribution in [0.25, 0.3) is 10.9 Å². The standard InChI is InChI=1S/C23H18FN3O2/c24-18-12-10-17(11-13-18)22(16-6-2-1-3-7-16)26-21(28)14-27-15-25-20-9-5-4-8-19(20)23(27)29/h1-13,15,22H,14H2,(H,26,28). The van der Waals surface area contributed by atoms with E-state index in [2.05, 4.69) is 10.3 Å². The Hall–Kier alpha value is -3.80. The van der Waals surface area contributed by atoms with E-state index in [4.69, 9.17) is 0 Å². The Balaban J connectivity index is 1.61. The van der Waals surface area contributed by atoms with Gasteiger partial charge in [0.05, 0.1) is 23.3 Å². The minimum absolute atomic E-state index is 0.165. The van der Waals surface area contributed by atoms with Gasteiger partial charge in [-0.2, -0.15) is 0 Å². The minimum Gasteiger partial charge on any atom is -0.344 e. The van der Waals surface area contributed by atoms with Crippen molar-refractivity contribution in [1.82, 2.24) is 14.9 Å². The first-order valence-corrected chi connectivity index (χ1v) is 9.16. The van der Waals surface area contributed by atoms with Crippen molar-refractivity contribution in [2.75, 3.05) is 0 Å². The highest BCUT2D eigenvalue weighted by Crippen LogP contribution is 2.22. The first-order valence-electron chi connectivity index (χ1n) is 9.16. The fraction of sp³-hybridized carbons (Fsp3) is 0.0870. The van der Waals surface area contributed by atoms with Crippen LogP contribution in [0.15, 0.2) is 90.0 Å². The number of para-hydroxylation sites is 1. The lowest BCUT2D eigenvalue weighted by molar-refractivity contribution is -0.122. The molecule has 1 unspecified atom stereocenters. The minimum atomic E-state index is -0.464. The fourth-order valence-electron chi connectivity index (χ4n) is 3.24. The number of amides is 1. The molecule has 0 spiro atoms. The quantitative estimate of drug-likeness (QED) is 0.571. The van der Waals surface area contributed by atoms with Crippen LogP contribution < -0.4 is 10.9 Å². The van der Waals surface area contributed by atoms with E-state index in [0.717, 1.165) is 11.1 Å². The number of halogens is 1. The molecular weight excluding hydrogens is 369 g/mol. The van der Waals surface area contributed by atoms with Crippen LogP contribution in [-0.2, 0) is 11.3 Å². The Labute approximate surface area is 166 Å². The Morgan fingerprint density at radius 3 is 2.34 bits per heavy atom. The van der Waals surface area contributed by atoms with Gasteiger partial charge in [0, 0.05) is 0 Å². The number of nitrogens with zero attached hydrogens (tertiary/aromatic N) is 2. The number of carbonyl (C=O) groups excluding carboxylic acids is 1. The lowest BCUT2D eigenvalue weighted by Gasteiger charge is -2.20. The molecule has 144 valence electrons. The van der Waals surface area contributed by atoms with Crippen LogP contribution in [-0.4, -0.2) is 15.5 Å². The lowest BCUT2D eigenvalue weighted by Crippen LogP contribution is -2.35. The Morgan fingerprint density at radius 1 is 0.931 bits per heavy atom. The van der Waals surface area contributed by atoms with Gasteiger partial charge in [-0.25, -0.2) is 9.37 Å².